The van der Waals surface area contributed by atoms with Gasteiger partial charge in [0.15, 0.2) is 5.16 Å². The molecule has 0 unspecified atom stereocenters. The number of rotatable bonds is 5. The third-order valence-corrected chi connectivity index (χ3v) is 5.13. The lowest BCUT2D eigenvalue weighted by Gasteiger charge is -2.08. The molecule has 6 nitrogen and oxygen atoms in total. The van der Waals surface area contributed by atoms with Crippen molar-refractivity contribution < 1.29 is 4.79 Å². The van der Waals surface area contributed by atoms with Gasteiger partial charge in [0, 0.05) is 16.3 Å². The number of carbonyl (C=O) groups is 1. The Kier molecular flexibility index (Phi) is 6.14. The van der Waals surface area contributed by atoms with Gasteiger partial charge in [0.25, 0.3) is 5.56 Å². The number of hydrogen-bond acceptors (Lipinski definition) is 5. The molecule has 0 bridgehead atoms. The molecule has 0 aliphatic rings. The quantitative estimate of drug-likeness (QED) is 0.489. The number of H-pyrrole nitrogens is 1. The lowest BCUT2D eigenvalue weighted by molar-refractivity contribution is -0.113. The molecule has 140 valence electrons. The number of hydrogen-bond donors (Lipinski definition) is 2. The van der Waals surface area contributed by atoms with Crippen LogP contribution < -0.4 is 10.9 Å². The highest BCUT2D eigenvalue weighted by atomic mass is 35.5. The zero-order valence-electron chi connectivity index (χ0n) is 14.8. The minimum absolute atomic E-state index is 0.0363. The number of aromatic nitrogens is 2. The minimum atomic E-state index is -0.537. The zero-order chi connectivity index (χ0) is 20.1. The van der Waals surface area contributed by atoms with Crippen LogP contribution in [0.4, 0.5) is 5.69 Å². The molecule has 1 aromatic heterocycles. The molecule has 3 rings (SSSR count). The van der Waals surface area contributed by atoms with E-state index in [4.69, 9.17) is 11.6 Å². The number of aromatic amines is 1. The highest BCUT2D eigenvalue weighted by Gasteiger charge is 2.14. The van der Waals surface area contributed by atoms with Gasteiger partial charge in [0.05, 0.1) is 11.4 Å². The largest absolute Gasteiger partial charge is 0.325 e. The second-order valence-corrected chi connectivity index (χ2v) is 7.24. The van der Waals surface area contributed by atoms with Gasteiger partial charge in [0.1, 0.15) is 11.6 Å². The van der Waals surface area contributed by atoms with Gasteiger partial charge in [-0.2, -0.15) is 5.26 Å². The first-order valence-corrected chi connectivity index (χ1v) is 9.63. The fourth-order valence-corrected chi connectivity index (χ4v) is 3.27. The monoisotopic (exact) mass is 410 g/mol. The number of halogens is 1. The number of nitrogens with one attached hydrogen (secondary N) is 2. The van der Waals surface area contributed by atoms with Gasteiger partial charge in [-0.25, -0.2) is 4.98 Å². The molecule has 0 atom stereocenters. The van der Waals surface area contributed by atoms with Crippen LogP contribution in [-0.4, -0.2) is 21.6 Å². The van der Waals surface area contributed by atoms with Gasteiger partial charge >= 0.3 is 0 Å². The van der Waals surface area contributed by atoms with Crippen LogP contribution in [-0.2, 0) is 4.79 Å². The fraction of sp³-hybridized carbons (Fsp3) is 0.100. The molecule has 1 heterocycles. The van der Waals surface area contributed by atoms with Crippen molar-refractivity contribution in [2.75, 3.05) is 11.1 Å². The number of benzene rings is 2. The average Bonchev–Trinajstić information content (AvgIpc) is 2.69. The molecule has 0 fully saturated rings. The molecule has 28 heavy (non-hydrogen) atoms. The Hall–Kier alpha value is -3.08. The molecular formula is C20H15ClN4O2S. The van der Waals surface area contributed by atoms with E-state index in [9.17, 15) is 14.9 Å². The Morgan fingerprint density at radius 1 is 1.29 bits per heavy atom. The van der Waals surface area contributed by atoms with E-state index in [0.29, 0.717) is 22.0 Å². The van der Waals surface area contributed by atoms with Crippen LogP contribution in [0.2, 0.25) is 5.02 Å². The Morgan fingerprint density at radius 3 is 2.71 bits per heavy atom. The topological polar surface area (TPSA) is 98.6 Å². The van der Waals surface area contributed by atoms with Crippen molar-refractivity contribution >= 4 is 35.0 Å². The van der Waals surface area contributed by atoms with E-state index in [1.807, 2.05) is 25.1 Å². The van der Waals surface area contributed by atoms with E-state index in [-0.39, 0.29) is 22.4 Å². The summed E-state index contributed by atoms with van der Waals surface area (Å²) in [5, 5.41) is 12.9. The van der Waals surface area contributed by atoms with Crippen molar-refractivity contribution in [3.63, 3.8) is 0 Å². The van der Waals surface area contributed by atoms with Crippen LogP contribution in [0.5, 0.6) is 0 Å². The molecule has 0 radical (unpaired) electrons. The maximum absolute atomic E-state index is 12.2. The van der Waals surface area contributed by atoms with Crippen molar-refractivity contribution in [1.82, 2.24) is 9.97 Å². The van der Waals surface area contributed by atoms with Gasteiger partial charge in [0.2, 0.25) is 5.91 Å². The van der Waals surface area contributed by atoms with E-state index in [1.165, 1.54) is 0 Å². The van der Waals surface area contributed by atoms with Crippen LogP contribution in [0.3, 0.4) is 0 Å². The molecule has 0 spiro atoms. The summed E-state index contributed by atoms with van der Waals surface area (Å²) in [6, 6.07) is 16.1. The highest BCUT2D eigenvalue weighted by molar-refractivity contribution is 7.99. The third-order valence-electron chi connectivity index (χ3n) is 3.85. The average molecular weight is 411 g/mol. The maximum Gasteiger partial charge on any atom is 0.270 e. The summed E-state index contributed by atoms with van der Waals surface area (Å²) in [6.07, 6.45) is 0. The summed E-state index contributed by atoms with van der Waals surface area (Å²) < 4.78 is 0. The lowest BCUT2D eigenvalue weighted by Crippen LogP contribution is -2.17. The second kappa shape index (κ2) is 8.74. The summed E-state index contributed by atoms with van der Waals surface area (Å²) in [7, 11) is 0. The molecular weight excluding hydrogens is 396 g/mol. The van der Waals surface area contributed by atoms with Crippen molar-refractivity contribution in [3.8, 4) is 17.3 Å². The Morgan fingerprint density at radius 2 is 2.04 bits per heavy atom. The van der Waals surface area contributed by atoms with Crippen LogP contribution in [0.1, 0.15) is 11.1 Å². The molecule has 0 aliphatic carbocycles. The Balaban J connectivity index is 1.76. The highest BCUT2D eigenvalue weighted by Crippen LogP contribution is 2.23. The van der Waals surface area contributed by atoms with Crippen LogP contribution in [0, 0.1) is 18.3 Å². The number of amides is 1. The zero-order valence-corrected chi connectivity index (χ0v) is 16.4. The van der Waals surface area contributed by atoms with Crippen LogP contribution in [0.15, 0.2) is 58.5 Å². The van der Waals surface area contributed by atoms with Crippen LogP contribution >= 0.6 is 23.4 Å². The summed E-state index contributed by atoms with van der Waals surface area (Å²) >= 11 is 7.14. The smallest absolute Gasteiger partial charge is 0.270 e. The Labute approximate surface area is 170 Å². The van der Waals surface area contributed by atoms with E-state index in [1.54, 1.807) is 36.4 Å². The van der Waals surface area contributed by atoms with E-state index < -0.39 is 5.56 Å². The normalized spacial score (nSPS) is 10.3. The summed E-state index contributed by atoms with van der Waals surface area (Å²) in [6.45, 7) is 1.88. The maximum atomic E-state index is 12.2. The van der Waals surface area contributed by atoms with Gasteiger partial charge in [-0.15, -0.1) is 0 Å². The molecule has 2 aromatic carbocycles. The van der Waals surface area contributed by atoms with E-state index in [2.05, 4.69) is 15.3 Å². The predicted molar refractivity (Wildman–Crippen MR) is 111 cm³/mol. The third kappa shape index (κ3) is 4.60. The molecule has 0 saturated heterocycles. The first-order chi connectivity index (χ1) is 13.5. The number of nitrogens with zero attached hydrogens (tertiary/aromatic N) is 2. The van der Waals surface area contributed by atoms with E-state index in [0.717, 1.165) is 17.3 Å². The number of anilines is 1. The number of carbonyl (C=O) groups excluding carboxylic acids is 1. The summed E-state index contributed by atoms with van der Waals surface area (Å²) in [4.78, 5) is 31.3. The first-order valence-electron chi connectivity index (χ1n) is 8.26. The van der Waals surface area contributed by atoms with Crippen LogP contribution in [0.25, 0.3) is 11.3 Å². The molecule has 3 aromatic rings. The van der Waals surface area contributed by atoms with E-state index >= 15 is 0 Å². The minimum Gasteiger partial charge on any atom is -0.325 e. The summed E-state index contributed by atoms with van der Waals surface area (Å²) in [5.74, 6) is -0.229. The number of thioether (sulfide) groups is 1. The van der Waals surface area contributed by atoms with Crippen molar-refractivity contribution in [2.24, 2.45) is 0 Å². The summed E-state index contributed by atoms with van der Waals surface area (Å²) in [5.41, 5.74) is 1.86. The molecule has 0 aliphatic heterocycles. The molecule has 0 saturated carbocycles. The van der Waals surface area contributed by atoms with Gasteiger partial charge < -0.3 is 10.3 Å². The van der Waals surface area contributed by atoms with Gasteiger partial charge in [-0.05, 0) is 24.6 Å². The van der Waals surface area contributed by atoms with Crippen molar-refractivity contribution in [3.05, 3.63) is 75.0 Å². The fourth-order valence-electron chi connectivity index (χ4n) is 2.43. The molecule has 1 amide bonds. The SMILES string of the molecule is Cc1ccc(NC(=O)CSc2nc(-c3ccccc3)c(C#N)c(=O)[nH]2)cc1Cl. The first kappa shape index (κ1) is 19.7. The molecule has 2 N–H and O–H groups in total. The standard InChI is InChI=1S/C20H15ClN4O2S/c1-12-7-8-14(9-16(12)21)23-17(26)11-28-20-24-18(13-5-3-2-4-6-13)15(10-22)19(27)25-20/h2-9H,11H2,1H3,(H,23,26)(H,24,25,27). The number of aryl methyl sites for hydroxylation is 1. The Bertz CT molecular complexity index is 1120. The van der Waals surface area contributed by atoms with Crippen molar-refractivity contribution in [1.29, 1.82) is 5.26 Å². The predicted octanol–water partition coefficient (Wildman–Crippen LogP) is 4.00. The second-order valence-electron chi connectivity index (χ2n) is 5.87. The number of nitriles is 1. The molecule has 8 heteroatoms. The van der Waals surface area contributed by atoms with Gasteiger partial charge in [-0.1, -0.05) is 59.8 Å². The van der Waals surface area contributed by atoms with Gasteiger partial charge in [-0.3, -0.25) is 9.59 Å². The lowest BCUT2D eigenvalue weighted by atomic mass is 10.1. The van der Waals surface area contributed by atoms with Crippen molar-refractivity contribution in [2.45, 2.75) is 12.1 Å².